The molecule has 6 aliphatic rings. The number of benzene rings is 3. The van der Waals surface area contributed by atoms with Crippen molar-refractivity contribution >= 4 is 54.4 Å². The average molecular weight is 757 g/mol. The third kappa shape index (κ3) is 5.65. The van der Waals surface area contributed by atoms with Crippen LogP contribution in [0.3, 0.4) is 0 Å². The summed E-state index contributed by atoms with van der Waals surface area (Å²) in [6.45, 7) is 6.57. The molecule has 4 bridgehead atoms. The quantitative estimate of drug-likeness (QED) is 0.179. The van der Waals surface area contributed by atoms with Crippen LogP contribution in [-0.4, -0.2) is 88.8 Å². The number of fused-ring (bicyclic) bond motifs is 10. The van der Waals surface area contributed by atoms with Gasteiger partial charge in [0.15, 0.2) is 0 Å². The van der Waals surface area contributed by atoms with Crippen LogP contribution >= 0.6 is 0 Å². The fourth-order valence-corrected chi connectivity index (χ4v) is 14.7. The van der Waals surface area contributed by atoms with Gasteiger partial charge in [-0.2, -0.15) is 10.1 Å². The maximum absolute atomic E-state index is 11.3. The van der Waals surface area contributed by atoms with Crippen molar-refractivity contribution in [2.45, 2.75) is 45.2 Å². The molecule has 2 N–H and O–H groups in total. The van der Waals surface area contributed by atoms with Gasteiger partial charge in [0, 0.05) is 0 Å². The van der Waals surface area contributed by atoms with E-state index < -0.39 is 67.5 Å². The molecule has 0 spiro atoms. The van der Waals surface area contributed by atoms with Gasteiger partial charge < -0.3 is 9.47 Å². The number of carbonyl (C=O) groups is 4. The molecule has 4 unspecified atom stereocenters. The predicted molar refractivity (Wildman–Crippen MR) is 175 cm³/mol. The zero-order valence-corrected chi connectivity index (χ0v) is 29.1. The Morgan fingerprint density at radius 2 is 0.771 bits per heavy atom. The van der Waals surface area contributed by atoms with E-state index in [4.69, 9.17) is 19.9 Å². The predicted octanol–water partition coefficient (Wildman–Crippen LogP) is 1.76. The molecule has 4 amide bonds. The number of aryl methyl sites for hydroxylation is 3. The van der Waals surface area contributed by atoms with E-state index in [-0.39, 0.29) is 34.5 Å². The molecule has 4 fully saturated rings. The molecule has 6 aliphatic heterocycles. The molecular formula is C37H35N2O8Sb. The molecule has 6 heterocycles. The topological polar surface area (TPSA) is 134 Å². The van der Waals surface area contributed by atoms with Crippen LogP contribution < -0.4 is 10.5 Å². The number of rotatable bonds is 3. The Labute approximate surface area is 285 Å². The number of nitrogens with zero attached hydrogens (tertiary/aromatic N) is 2. The molecule has 11 heteroatoms. The average Bonchev–Trinajstić information content (AvgIpc) is 3.93. The number of imide groups is 2. The van der Waals surface area contributed by atoms with Crippen molar-refractivity contribution < 1.29 is 39.1 Å². The number of ether oxygens (including phenoxy) is 2. The molecule has 3 aromatic carbocycles. The third-order valence-corrected chi connectivity index (χ3v) is 16.4. The fraction of sp³-hybridized carbons (Fsp3) is 0.297. The molecule has 48 heavy (non-hydrogen) atoms. The van der Waals surface area contributed by atoms with E-state index in [1.807, 2.05) is 0 Å². The first-order chi connectivity index (χ1) is 23.0. The molecule has 9 rings (SSSR count). The van der Waals surface area contributed by atoms with Crippen LogP contribution in [0.25, 0.3) is 0 Å². The van der Waals surface area contributed by atoms with Crippen LogP contribution in [0.2, 0.25) is 0 Å². The normalized spacial score (nSPS) is 30.1. The molecular weight excluding hydrogens is 722 g/mol. The second-order valence-electron chi connectivity index (χ2n) is 12.8. The summed E-state index contributed by atoms with van der Waals surface area (Å²) in [5.41, 5.74) is 4.06. The first kappa shape index (κ1) is 32.6. The number of amides is 4. The Morgan fingerprint density at radius 1 is 0.500 bits per heavy atom. The van der Waals surface area contributed by atoms with Gasteiger partial charge in [-0.15, -0.1) is 0 Å². The van der Waals surface area contributed by atoms with Crippen molar-refractivity contribution in [2.75, 3.05) is 0 Å². The first-order valence-corrected chi connectivity index (χ1v) is 19.7. The second kappa shape index (κ2) is 12.8. The van der Waals surface area contributed by atoms with Crippen molar-refractivity contribution in [2.24, 2.45) is 23.7 Å². The summed E-state index contributed by atoms with van der Waals surface area (Å²) in [6.07, 6.45) is 5.83. The van der Waals surface area contributed by atoms with Crippen LogP contribution in [0.15, 0.2) is 97.1 Å². The molecule has 3 aromatic rings. The van der Waals surface area contributed by atoms with Gasteiger partial charge in [0.05, 0.1) is 48.1 Å². The molecule has 8 atom stereocenters. The fourth-order valence-electron chi connectivity index (χ4n) is 7.32. The van der Waals surface area contributed by atoms with Gasteiger partial charge in [0.1, 0.15) is 0 Å². The van der Waals surface area contributed by atoms with Gasteiger partial charge in [-0.05, 0) is 0 Å². The molecule has 0 aliphatic carbocycles. The number of hydroxylamine groups is 4. The smallest absolute Gasteiger partial charge is 0.260 e. The van der Waals surface area contributed by atoms with Crippen molar-refractivity contribution in [3.63, 3.8) is 0 Å². The summed E-state index contributed by atoms with van der Waals surface area (Å²) in [6, 6.07) is 27.3. The Hall–Kier alpha value is -3.92. The summed E-state index contributed by atoms with van der Waals surface area (Å²) >= 11 is -1.93. The number of hydrogen-bond acceptors (Lipinski definition) is 8. The zero-order chi connectivity index (χ0) is 33.9. The Bertz CT molecular complexity index is 1640. The summed E-state index contributed by atoms with van der Waals surface area (Å²) < 4.78 is 15.3. The molecule has 0 radical (unpaired) electrons. The van der Waals surface area contributed by atoms with E-state index in [0.717, 1.165) is 0 Å². The van der Waals surface area contributed by atoms with Gasteiger partial charge >= 0.3 is 141 Å². The van der Waals surface area contributed by atoms with Gasteiger partial charge in [-0.1, -0.05) is 24.3 Å². The molecule has 4 saturated heterocycles. The van der Waals surface area contributed by atoms with E-state index >= 15 is 0 Å². The van der Waals surface area contributed by atoms with Crippen LogP contribution in [0.1, 0.15) is 16.7 Å². The molecule has 246 valence electrons. The van der Waals surface area contributed by atoms with Crippen molar-refractivity contribution in [1.82, 2.24) is 10.1 Å². The van der Waals surface area contributed by atoms with Crippen LogP contribution in [0.5, 0.6) is 0 Å². The zero-order valence-electron chi connectivity index (χ0n) is 26.5. The van der Waals surface area contributed by atoms with Crippen LogP contribution in [0.4, 0.5) is 0 Å². The summed E-state index contributed by atoms with van der Waals surface area (Å²) in [5.74, 6) is -4.11. The largest absolute Gasteiger partial charge is 0.365 e. The number of hydrogen-bond donors (Lipinski definition) is 2. The van der Waals surface area contributed by atoms with E-state index in [1.165, 1.54) is 16.7 Å². The molecule has 0 saturated carbocycles. The van der Waals surface area contributed by atoms with E-state index in [0.29, 0.717) is 0 Å². The maximum Gasteiger partial charge on any atom is 0.260 e. The maximum atomic E-state index is 11.3. The molecule has 10 nitrogen and oxygen atoms in total. The van der Waals surface area contributed by atoms with Crippen molar-refractivity contribution in [3.05, 3.63) is 114 Å². The minimum atomic E-state index is -1.93. The SMILES string of the molecule is Cc1ccc[c]([Sb]([c]2cccc(C)c2)[c]2cccc(C)c2)c1.O=C1C2C(C(=O)N1O)[C@H]1C=C[C@@H]2O1.O=C1C2C(C(=O)N1O)[C@H]1C=C[C@@H]2O1. The van der Waals surface area contributed by atoms with Crippen molar-refractivity contribution in [3.8, 4) is 0 Å². The van der Waals surface area contributed by atoms with Gasteiger partial charge in [-0.25, -0.2) is 0 Å². The summed E-state index contributed by atoms with van der Waals surface area (Å²) in [4.78, 5) is 45.3. The van der Waals surface area contributed by atoms with E-state index in [1.54, 1.807) is 34.8 Å². The van der Waals surface area contributed by atoms with E-state index in [9.17, 15) is 19.2 Å². The summed E-state index contributed by atoms with van der Waals surface area (Å²) in [5, 5.41) is 18.6. The van der Waals surface area contributed by atoms with Crippen molar-refractivity contribution in [1.29, 1.82) is 0 Å². The van der Waals surface area contributed by atoms with Crippen LogP contribution in [0, 0.1) is 44.4 Å². The van der Waals surface area contributed by atoms with Crippen LogP contribution in [-0.2, 0) is 28.7 Å². The Balaban J connectivity index is 0.000000120. The minimum Gasteiger partial charge on any atom is -0.365 e. The minimum absolute atomic E-state index is 0.227. The van der Waals surface area contributed by atoms with Gasteiger partial charge in [0.25, 0.3) is 23.6 Å². The van der Waals surface area contributed by atoms with Gasteiger partial charge in [0.2, 0.25) is 0 Å². The first-order valence-electron chi connectivity index (χ1n) is 15.8. The van der Waals surface area contributed by atoms with Gasteiger partial charge in [-0.3, -0.25) is 29.6 Å². The monoisotopic (exact) mass is 756 g/mol. The third-order valence-electron chi connectivity index (χ3n) is 9.55. The molecule has 0 aromatic heterocycles. The summed E-state index contributed by atoms with van der Waals surface area (Å²) in [7, 11) is 0. The Morgan fingerprint density at radius 3 is 1.02 bits per heavy atom. The standard InChI is InChI=1S/2C8H7NO4.3C7H7.Sb/c2*10-7-5-3-1-2-4(13-3)6(5)8(11)9(7)12;3*1-7-5-3-2-4-6-7;/h2*1-6,12H;3*2-3,5-6H,1H3;/t2*3-,4+,5?,6?;;;;. The number of carbonyl (C=O) groups excluding carboxylic acids is 4. The van der Waals surface area contributed by atoms with E-state index in [2.05, 4.69) is 93.6 Å². The second-order valence-corrected chi connectivity index (χ2v) is 19.2. The Kier molecular flexibility index (Phi) is 8.72.